The molecule has 0 fully saturated rings. The summed E-state index contributed by atoms with van der Waals surface area (Å²) >= 11 is 0. The molecule has 0 saturated heterocycles. The first-order valence-corrected chi connectivity index (χ1v) is 37.4. The number of carboxylic acids is 1. The Morgan fingerprint density at radius 2 is 0.607 bits per heavy atom. The van der Waals surface area contributed by atoms with Gasteiger partial charge in [0.15, 0.2) is 12.4 Å². The number of aliphatic carboxylic acids is 1. The highest BCUT2D eigenvalue weighted by atomic mass is 16.7. The number of nitrogens with zero attached hydrogens (tertiary/aromatic N) is 1. The summed E-state index contributed by atoms with van der Waals surface area (Å²) in [4.78, 5) is 37.6. The monoisotopic (exact) mass is 1240 g/mol. The summed E-state index contributed by atoms with van der Waals surface area (Å²) in [6, 6.07) is 0. The smallest absolute Gasteiger partial charge is 0.306 e. The van der Waals surface area contributed by atoms with Gasteiger partial charge in [-0.25, -0.2) is 0 Å². The third-order valence-corrected chi connectivity index (χ3v) is 16.3. The Hall–Kier alpha value is -3.79. The molecule has 89 heavy (non-hydrogen) atoms. The molecule has 0 aromatic carbocycles. The van der Waals surface area contributed by atoms with Gasteiger partial charge in [0.05, 0.1) is 40.3 Å². The fourth-order valence-corrected chi connectivity index (χ4v) is 10.7. The van der Waals surface area contributed by atoms with Gasteiger partial charge in [-0.15, -0.1) is 0 Å². The van der Waals surface area contributed by atoms with Gasteiger partial charge in [0.1, 0.15) is 13.2 Å². The summed E-state index contributed by atoms with van der Waals surface area (Å²) in [7, 11) is 5.94. The first-order chi connectivity index (χ1) is 43.6. The van der Waals surface area contributed by atoms with Crippen molar-refractivity contribution in [3.05, 3.63) is 97.2 Å². The first kappa shape index (κ1) is 85.2. The van der Waals surface area contributed by atoms with Gasteiger partial charge >= 0.3 is 11.9 Å². The van der Waals surface area contributed by atoms with Crippen LogP contribution in [0.3, 0.4) is 0 Å². The Morgan fingerprint density at radius 1 is 0.337 bits per heavy atom. The standard InChI is InChI=1S/C80H141NO8/c1-6-8-10-12-14-16-18-20-22-24-26-28-30-32-34-36-37-38-39-40-41-43-45-47-49-51-53-55-57-59-61-63-65-67-69-71-78(83)89-76(75-88-80(79(84)85)86-73-72-81(3,4)5)74-87-77(82)70-68-66-64-62-60-58-56-54-52-50-48-46-44-42-35-33-31-29-27-25-23-21-19-17-15-13-11-9-7-2/h8-11,14-17,20-23,26-29,76,80H,6-7,12-13,18-19,24-25,30-75H2,1-5H3/b10-8-,11-9-,16-14-,17-15-,22-20-,23-21-,28-26-,29-27-. The van der Waals surface area contributed by atoms with Crippen molar-refractivity contribution >= 4 is 17.9 Å². The number of ether oxygens (including phenoxy) is 4. The fourth-order valence-electron chi connectivity index (χ4n) is 10.7. The minimum Gasteiger partial charge on any atom is -0.545 e. The maximum absolute atomic E-state index is 13.0. The number of hydrogen-bond acceptors (Lipinski definition) is 8. The molecule has 9 heteroatoms. The third kappa shape index (κ3) is 71.5. The molecule has 0 aliphatic rings. The number of likely N-dealkylation sites (N-methyl/N-ethyl adjacent to an activating group) is 1. The molecule has 2 atom stereocenters. The van der Waals surface area contributed by atoms with Crippen molar-refractivity contribution in [1.29, 1.82) is 0 Å². The van der Waals surface area contributed by atoms with E-state index in [0.717, 1.165) is 83.5 Å². The van der Waals surface area contributed by atoms with Crippen LogP contribution in [0.25, 0.3) is 0 Å². The van der Waals surface area contributed by atoms with E-state index in [2.05, 4.69) is 111 Å². The van der Waals surface area contributed by atoms with Gasteiger partial charge in [-0.3, -0.25) is 9.59 Å². The van der Waals surface area contributed by atoms with Crippen molar-refractivity contribution in [3.8, 4) is 0 Å². The molecule has 0 aromatic heterocycles. The van der Waals surface area contributed by atoms with Gasteiger partial charge < -0.3 is 33.3 Å². The lowest BCUT2D eigenvalue weighted by atomic mass is 10.0. The molecule has 0 N–H and O–H groups in total. The van der Waals surface area contributed by atoms with E-state index in [9.17, 15) is 19.5 Å². The van der Waals surface area contributed by atoms with Crippen LogP contribution in [0.4, 0.5) is 0 Å². The minimum atomic E-state index is -1.62. The molecule has 0 radical (unpaired) electrons. The Morgan fingerprint density at radius 3 is 0.899 bits per heavy atom. The Labute approximate surface area is 550 Å². The largest absolute Gasteiger partial charge is 0.545 e. The van der Waals surface area contributed by atoms with Gasteiger partial charge in [-0.1, -0.05) is 329 Å². The SMILES string of the molecule is CC/C=C\C/C=C\C/C=C\C/C=C\CCCCCCCCCCCCCCCCCCCCCCCCC(=O)OC(COC(=O)CCCCCCCCCCCCCCCCCC/C=C\C/C=C\C/C=C\C/C=C\CC)COC(OCC[N+](C)(C)C)C(=O)[O-]. The van der Waals surface area contributed by atoms with E-state index in [4.69, 9.17) is 18.9 Å². The number of allylic oxidation sites excluding steroid dienone is 16. The first-order valence-electron chi connectivity index (χ1n) is 37.4. The van der Waals surface area contributed by atoms with Crippen LogP contribution in [0.5, 0.6) is 0 Å². The van der Waals surface area contributed by atoms with Gasteiger partial charge in [0.2, 0.25) is 0 Å². The predicted octanol–water partition coefficient (Wildman–Crippen LogP) is 22.3. The maximum atomic E-state index is 13.0. The van der Waals surface area contributed by atoms with Crippen molar-refractivity contribution in [2.75, 3.05) is 47.5 Å². The van der Waals surface area contributed by atoms with Gasteiger partial charge in [-0.05, 0) is 89.9 Å². The molecule has 514 valence electrons. The summed E-state index contributed by atoms with van der Waals surface area (Å²) in [5.74, 6) is -2.26. The number of unbranched alkanes of at least 4 members (excludes halogenated alkanes) is 38. The van der Waals surface area contributed by atoms with Crippen molar-refractivity contribution < 1.29 is 42.9 Å². The summed E-state index contributed by atoms with van der Waals surface area (Å²) in [6.45, 7) is 4.57. The second kappa shape index (κ2) is 70.1. The van der Waals surface area contributed by atoms with E-state index < -0.39 is 24.3 Å². The molecular weight excluding hydrogens is 1100 g/mol. The molecule has 0 amide bonds. The lowest BCUT2D eigenvalue weighted by Crippen LogP contribution is -2.44. The summed E-state index contributed by atoms with van der Waals surface area (Å²) < 4.78 is 22.9. The Kier molecular flexibility index (Phi) is 67.1. The summed E-state index contributed by atoms with van der Waals surface area (Å²) in [6.07, 6.45) is 93.7. The van der Waals surface area contributed by atoms with Gasteiger partial charge in [-0.2, -0.15) is 0 Å². The van der Waals surface area contributed by atoms with Gasteiger partial charge in [0, 0.05) is 12.8 Å². The highest BCUT2D eigenvalue weighted by Gasteiger charge is 2.22. The van der Waals surface area contributed by atoms with Crippen LogP contribution in [0, 0.1) is 0 Å². The number of carbonyl (C=O) groups excluding carboxylic acids is 3. The maximum Gasteiger partial charge on any atom is 0.306 e. The van der Waals surface area contributed by atoms with E-state index in [0.29, 0.717) is 23.9 Å². The molecule has 0 rings (SSSR count). The highest BCUT2D eigenvalue weighted by Crippen LogP contribution is 2.19. The van der Waals surface area contributed by atoms with Crippen molar-refractivity contribution in [2.24, 2.45) is 0 Å². The van der Waals surface area contributed by atoms with Crippen LogP contribution in [-0.2, 0) is 33.3 Å². The summed E-state index contributed by atoms with van der Waals surface area (Å²) in [5.41, 5.74) is 0. The average molecular weight is 1250 g/mol. The van der Waals surface area contributed by atoms with E-state index in [1.54, 1.807) is 0 Å². The van der Waals surface area contributed by atoms with Crippen molar-refractivity contribution in [1.82, 2.24) is 0 Å². The van der Waals surface area contributed by atoms with Crippen LogP contribution in [0.15, 0.2) is 97.2 Å². The van der Waals surface area contributed by atoms with E-state index in [-0.39, 0.29) is 32.2 Å². The number of esters is 2. The Balaban J connectivity index is 4.03. The second-order valence-electron chi connectivity index (χ2n) is 26.2. The van der Waals surface area contributed by atoms with Gasteiger partial charge in [0.25, 0.3) is 0 Å². The minimum absolute atomic E-state index is 0.147. The molecular formula is C80H141NO8. The summed E-state index contributed by atoms with van der Waals surface area (Å²) in [5, 5.41) is 11.8. The van der Waals surface area contributed by atoms with Crippen LogP contribution < -0.4 is 5.11 Å². The molecule has 0 heterocycles. The van der Waals surface area contributed by atoms with Crippen LogP contribution in [0.2, 0.25) is 0 Å². The predicted molar refractivity (Wildman–Crippen MR) is 380 cm³/mol. The molecule has 0 spiro atoms. The highest BCUT2D eigenvalue weighted by molar-refractivity contribution is 5.70. The molecule has 0 aliphatic carbocycles. The zero-order valence-electron chi connectivity index (χ0n) is 58.8. The average Bonchev–Trinajstić information content (AvgIpc) is 3.64. The molecule has 0 aromatic rings. The van der Waals surface area contributed by atoms with E-state index >= 15 is 0 Å². The quantitative estimate of drug-likeness (QED) is 0.0195. The topological polar surface area (TPSA) is 111 Å². The Bertz CT molecular complexity index is 1790. The van der Waals surface area contributed by atoms with Crippen molar-refractivity contribution in [2.45, 2.75) is 347 Å². The number of carbonyl (C=O) groups is 3. The fraction of sp³-hybridized carbons (Fsp3) is 0.762. The van der Waals surface area contributed by atoms with E-state index in [1.807, 2.05) is 21.1 Å². The van der Waals surface area contributed by atoms with Crippen LogP contribution >= 0.6 is 0 Å². The van der Waals surface area contributed by atoms with Crippen LogP contribution in [0.1, 0.15) is 335 Å². The molecule has 2 unspecified atom stereocenters. The second-order valence-corrected chi connectivity index (χ2v) is 26.2. The number of quaternary nitrogens is 1. The molecule has 9 nitrogen and oxygen atoms in total. The molecule has 0 bridgehead atoms. The number of hydrogen-bond donors (Lipinski definition) is 0. The van der Waals surface area contributed by atoms with Crippen LogP contribution in [-0.4, -0.2) is 82.3 Å². The van der Waals surface area contributed by atoms with Crippen molar-refractivity contribution in [3.63, 3.8) is 0 Å². The molecule has 0 saturated carbocycles. The number of rotatable bonds is 69. The normalized spacial score (nSPS) is 13.2. The number of carboxylic acid groups (broad SMARTS) is 1. The zero-order chi connectivity index (χ0) is 64.7. The van der Waals surface area contributed by atoms with E-state index in [1.165, 1.54) is 218 Å². The lowest BCUT2D eigenvalue weighted by molar-refractivity contribution is -0.870. The molecule has 0 aliphatic heterocycles. The lowest BCUT2D eigenvalue weighted by Gasteiger charge is -2.26. The third-order valence-electron chi connectivity index (χ3n) is 16.3. The zero-order valence-corrected chi connectivity index (χ0v) is 58.8.